The molecular formula is C5H10O4S. The Morgan fingerprint density at radius 1 is 1.50 bits per heavy atom. The number of hydrogen-bond acceptors (Lipinski definition) is 4. The summed E-state index contributed by atoms with van der Waals surface area (Å²) in [5.74, 6) is 0. The van der Waals surface area contributed by atoms with Crippen LogP contribution in [-0.2, 0) is 9.84 Å². The van der Waals surface area contributed by atoms with Crippen LogP contribution in [0.3, 0.4) is 0 Å². The molecule has 0 spiro atoms. The van der Waals surface area contributed by atoms with Gasteiger partial charge in [-0.25, -0.2) is 8.42 Å². The standard InChI is InChI=1S/C5H10O4S/c1-10(8,9)5(4-7)2-3-6/h2,6-7H,3-4H2,1H3/b5-2-. The lowest BCUT2D eigenvalue weighted by atomic mass is 10.5. The molecular weight excluding hydrogens is 156 g/mol. The quantitative estimate of drug-likeness (QED) is 0.558. The van der Waals surface area contributed by atoms with Gasteiger partial charge in [0.15, 0.2) is 9.84 Å². The van der Waals surface area contributed by atoms with Gasteiger partial charge in [0.2, 0.25) is 0 Å². The van der Waals surface area contributed by atoms with Crippen molar-refractivity contribution in [2.24, 2.45) is 0 Å². The lowest BCUT2D eigenvalue weighted by Crippen LogP contribution is -2.05. The summed E-state index contributed by atoms with van der Waals surface area (Å²) in [6.07, 6.45) is 2.04. The predicted molar refractivity (Wildman–Crippen MR) is 37.1 cm³/mol. The Balaban J connectivity index is 4.54. The fraction of sp³-hybridized carbons (Fsp3) is 0.600. The van der Waals surface area contributed by atoms with Crippen molar-refractivity contribution in [3.05, 3.63) is 11.0 Å². The van der Waals surface area contributed by atoms with Gasteiger partial charge in [0.05, 0.1) is 18.1 Å². The van der Waals surface area contributed by atoms with Crippen molar-refractivity contribution in [1.29, 1.82) is 0 Å². The summed E-state index contributed by atoms with van der Waals surface area (Å²) in [6, 6.07) is 0. The minimum Gasteiger partial charge on any atom is -0.392 e. The van der Waals surface area contributed by atoms with Gasteiger partial charge in [-0.15, -0.1) is 0 Å². The fourth-order valence-corrected chi connectivity index (χ4v) is 1.05. The van der Waals surface area contributed by atoms with E-state index in [-0.39, 0.29) is 11.5 Å². The Morgan fingerprint density at radius 2 is 2.00 bits per heavy atom. The molecule has 0 aliphatic heterocycles. The number of hydrogen-bond donors (Lipinski definition) is 2. The van der Waals surface area contributed by atoms with Crippen molar-refractivity contribution in [3.63, 3.8) is 0 Å². The second-order valence-electron chi connectivity index (χ2n) is 1.78. The monoisotopic (exact) mass is 166 g/mol. The van der Waals surface area contributed by atoms with Crippen molar-refractivity contribution < 1.29 is 18.6 Å². The lowest BCUT2D eigenvalue weighted by molar-refractivity contribution is 0.325. The first-order valence-corrected chi connectivity index (χ1v) is 4.52. The summed E-state index contributed by atoms with van der Waals surface area (Å²) in [4.78, 5) is -0.144. The molecule has 0 fully saturated rings. The first kappa shape index (κ1) is 9.61. The molecule has 0 unspecified atom stereocenters. The van der Waals surface area contributed by atoms with Crippen LogP contribution in [0, 0.1) is 0 Å². The molecule has 0 amide bonds. The van der Waals surface area contributed by atoms with E-state index < -0.39 is 16.4 Å². The zero-order valence-corrected chi connectivity index (χ0v) is 6.43. The maximum atomic E-state index is 10.6. The molecule has 0 aromatic carbocycles. The molecule has 0 aliphatic rings. The van der Waals surface area contributed by atoms with E-state index in [1.807, 2.05) is 0 Å². The fourth-order valence-electron chi connectivity index (χ4n) is 0.435. The van der Waals surface area contributed by atoms with Gasteiger partial charge < -0.3 is 10.2 Å². The molecule has 0 aromatic heterocycles. The van der Waals surface area contributed by atoms with Gasteiger partial charge >= 0.3 is 0 Å². The van der Waals surface area contributed by atoms with E-state index in [9.17, 15) is 8.42 Å². The average molecular weight is 166 g/mol. The Hall–Kier alpha value is -0.390. The maximum absolute atomic E-state index is 10.6. The minimum atomic E-state index is -3.33. The number of aliphatic hydroxyl groups is 2. The van der Waals surface area contributed by atoms with Crippen LogP contribution in [0.15, 0.2) is 11.0 Å². The summed E-state index contributed by atoms with van der Waals surface area (Å²) < 4.78 is 21.2. The van der Waals surface area contributed by atoms with E-state index in [1.165, 1.54) is 0 Å². The maximum Gasteiger partial charge on any atom is 0.173 e. The molecule has 10 heavy (non-hydrogen) atoms. The topological polar surface area (TPSA) is 74.6 Å². The highest BCUT2D eigenvalue weighted by atomic mass is 32.2. The van der Waals surface area contributed by atoms with E-state index >= 15 is 0 Å². The van der Waals surface area contributed by atoms with Gasteiger partial charge in [0.25, 0.3) is 0 Å². The Bertz CT molecular complexity index is 214. The molecule has 0 radical (unpaired) electrons. The van der Waals surface area contributed by atoms with Crippen LogP contribution in [0.5, 0.6) is 0 Å². The van der Waals surface area contributed by atoms with Crippen LogP contribution in [-0.4, -0.2) is 38.1 Å². The van der Waals surface area contributed by atoms with Crippen LogP contribution >= 0.6 is 0 Å². The third kappa shape index (κ3) is 2.95. The van der Waals surface area contributed by atoms with Gasteiger partial charge in [0, 0.05) is 6.26 Å². The van der Waals surface area contributed by atoms with Gasteiger partial charge in [0.1, 0.15) is 0 Å². The van der Waals surface area contributed by atoms with Gasteiger partial charge in [-0.2, -0.15) is 0 Å². The van der Waals surface area contributed by atoms with Gasteiger partial charge in [-0.3, -0.25) is 0 Å². The van der Waals surface area contributed by atoms with E-state index in [4.69, 9.17) is 10.2 Å². The summed E-state index contributed by atoms with van der Waals surface area (Å²) in [7, 11) is -3.33. The molecule has 0 saturated heterocycles. The molecule has 0 aliphatic carbocycles. The smallest absolute Gasteiger partial charge is 0.173 e. The molecule has 0 heterocycles. The van der Waals surface area contributed by atoms with Crippen molar-refractivity contribution in [2.45, 2.75) is 0 Å². The van der Waals surface area contributed by atoms with E-state index in [0.717, 1.165) is 12.3 Å². The zero-order chi connectivity index (χ0) is 8.20. The third-order valence-corrected chi connectivity index (χ3v) is 2.20. The Kier molecular flexibility index (Phi) is 3.55. The SMILES string of the molecule is CS(=O)(=O)/C(=C\CO)CO. The summed E-state index contributed by atoms with van der Waals surface area (Å²) in [5, 5.41) is 16.7. The van der Waals surface area contributed by atoms with E-state index in [0.29, 0.717) is 0 Å². The highest BCUT2D eigenvalue weighted by molar-refractivity contribution is 7.94. The lowest BCUT2D eigenvalue weighted by Gasteiger charge is -1.97. The minimum absolute atomic E-state index is 0.144. The highest BCUT2D eigenvalue weighted by Crippen LogP contribution is 2.01. The Morgan fingerprint density at radius 3 is 2.10 bits per heavy atom. The first-order valence-electron chi connectivity index (χ1n) is 2.63. The molecule has 5 heteroatoms. The van der Waals surface area contributed by atoms with E-state index in [1.54, 1.807) is 0 Å². The first-order chi connectivity index (χ1) is 4.52. The van der Waals surface area contributed by atoms with Gasteiger partial charge in [-0.05, 0) is 6.08 Å². The summed E-state index contributed by atoms with van der Waals surface area (Å²) in [5.41, 5.74) is 0. The van der Waals surface area contributed by atoms with Crippen LogP contribution in [0.25, 0.3) is 0 Å². The number of rotatable bonds is 3. The van der Waals surface area contributed by atoms with Crippen molar-refractivity contribution in [2.75, 3.05) is 19.5 Å². The van der Waals surface area contributed by atoms with Crippen molar-refractivity contribution >= 4 is 9.84 Å². The second kappa shape index (κ2) is 3.70. The molecule has 0 rings (SSSR count). The molecule has 0 aromatic rings. The zero-order valence-electron chi connectivity index (χ0n) is 5.61. The molecule has 0 atom stereocenters. The number of aliphatic hydroxyl groups excluding tert-OH is 2. The number of sulfone groups is 1. The second-order valence-corrected chi connectivity index (χ2v) is 3.85. The van der Waals surface area contributed by atoms with E-state index in [2.05, 4.69) is 0 Å². The molecule has 60 valence electrons. The molecule has 2 N–H and O–H groups in total. The largest absolute Gasteiger partial charge is 0.392 e. The summed E-state index contributed by atoms with van der Waals surface area (Å²) >= 11 is 0. The average Bonchev–Trinajstić information content (AvgIpc) is 1.80. The molecule has 4 nitrogen and oxygen atoms in total. The summed E-state index contributed by atoms with van der Waals surface area (Å²) in [6.45, 7) is -0.928. The molecule has 0 bridgehead atoms. The Labute approximate surface area is 59.7 Å². The van der Waals surface area contributed by atoms with Crippen LogP contribution in [0.1, 0.15) is 0 Å². The van der Waals surface area contributed by atoms with Crippen molar-refractivity contribution in [1.82, 2.24) is 0 Å². The van der Waals surface area contributed by atoms with Crippen LogP contribution < -0.4 is 0 Å². The normalized spacial score (nSPS) is 13.7. The highest BCUT2D eigenvalue weighted by Gasteiger charge is 2.07. The van der Waals surface area contributed by atoms with Gasteiger partial charge in [-0.1, -0.05) is 0 Å². The molecule has 0 saturated carbocycles. The predicted octanol–water partition coefficient (Wildman–Crippen LogP) is -1.10. The third-order valence-electron chi connectivity index (χ3n) is 0.951. The van der Waals surface area contributed by atoms with Crippen LogP contribution in [0.2, 0.25) is 0 Å². The van der Waals surface area contributed by atoms with Crippen LogP contribution in [0.4, 0.5) is 0 Å². The van der Waals surface area contributed by atoms with Crippen molar-refractivity contribution in [3.8, 4) is 0 Å².